The third kappa shape index (κ3) is 6.10. The van der Waals surface area contributed by atoms with Gasteiger partial charge in [0.1, 0.15) is 17.5 Å². The van der Waals surface area contributed by atoms with Crippen molar-refractivity contribution in [2.45, 2.75) is 69.3 Å². The van der Waals surface area contributed by atoms with Crippen LogP contribution in [0.25, 0.3) is 11.1 Å². The van der Waals surface area contributed by atoms with Crippen LogP contribution in [-0.2, 0) is 26.3 Å². The maximum atomic E-state index is 15.5. The number of rotatable bonds is 10. The summed E-state index contributed by atoms with van der Waals surface area (Å²) in [5, 5.41) is 22.5. The number of nitrogens with zero attached hydrogens (tertiary/aromatic N) is 1. The first-order valence-corrected chi connectivity index (χ1v) is 13.7. The minimum absolute atomic E-state index is 0.0813. The molecule has 8 heteroatoms. The van der Waals surface area contributed by atoms with Gasteiger partial charge >= 0.3 is 0 Å². The van der Waals surface area contributed by atoms with Crippen LogP contribution in [0.2, 0.25) is 0 Å². The summed E-state index contributed by atoms with van der Waals surface area (Å²) in [6.45, 7) is 3.42. The molecule has 1 amide bonds. The second kappa shape index (κ2) is 12.7. The summed E-state index contributed by atoms with van der Waals surface area (Å²) < 4.78 is 26.9. The van der Waals surface area contributed by atoms with E-state index in [1.54, 1.807) is 24.1 Å². The zero-order chi connectivity index (χ0) is 27.3. The lowest BCUT2D eigenvalue weighted by atomic mass is 9.78. The number of hydrogen-bond acceptors (Lipinski definition) is 6. The van der Waals surface area contributed by atoms with Crippen molar-refractivity contribution in [2.24, 2.45) is 11.7 Å². The van der Waals surface area contributed by atoms with Gasteiger partial charge in [-0.1, -0.05) is 43.3 Å². The lowest BCUT2D eigenvalue weighted by Crippen LogP contribution is -2.55. The van der Waals surface area contributed by atoms with Crippen molar-refractivity contribution in [3.8, 4) is 11.1 Å². The smallest absolute Gasteiger partial charge is 0.226 e. The van der Waals surface area contributed by atoms with E-state index in [0.717, 1.165) is 18.4 Å². The number of aliphatic hydroxyl groups excluding tert-OH is 1. The molecule has 0 bridgehead atoms. The van der Waals surface area contributed by atoms with Gasteiger partial charge in [0.25, 0.3) is 0 Å². The minimum atomic E-state index is -1.54. The number of carbonyl (C=O) groups is 1. The first-order chi connectivity index (χ1) is 18.3. The van der Waals surface area contributed by atoms with E-state index >= 15 is 4.39 Å². The number of amides is 1. The third-order valence-corrected chi connectivity index (χ3v) is 8.10. The molecule has 1 heterocycles. The molecule has 2 aromatic rings. The number of ether oxygens (including phenoxy) is 2. The van der Waals surface area contributed by atoms with Crippen LogP contribution in [0.5, 0.6) is 0 Å². The molecule has 1 unspecified atom stereocenters. The molecule has 1 saturated heterocycles. The Morgan fingerprint density at radius 2 is 2.03 bits per heavy atom. The van der Waals surface area contributed by atoms with Crippen LogP contribution in [0.3, 0.4) is 0 Å². The molecule has 38 heavy (non-hydrogen) atoms. The van der Waals surface area contributed by atoms with Crippen LogP contribution < -0.4 is 5.73 Å². The Bertz CT molecular complexity index is 1090. The van der Waals surface area contributed by atoms with Gasteiger partial charge in [-0.05, 0) is 61.3 Å². The highest BCUT2D eigenvalue weighted by atomic mass is 19.1. The first kappa shape index (κ1) is 28.6. The summed E-state index contributed by atoms with van der Waals surface area (Å²) in [4.78, 5) is 15.1. The molecule has 2 fully saturated rings. The summed E-state index contributed by atoms with van der Waals surface area (Å²) >= 11 is 0. The van der Waals surface area contributed by atoms with Crippen LogP contribution in [0.15, 0.2) is 42.5 Å². The number of benzene rings is 2. The van der Waals surface area contributed by atoms with Gasteiger partial charge in [-0.3, -0.25) is 4.79 Å². The lowest BCUT2D eigenvalue weighted by Gasteiger charge is -2.43. The van der Waals surface area contributed by atoms with Gasteiger partial charge < -0.3 is 30.3 Å². The number of aryl methyl sites for hydroxylation is 1. The summed E-state index contributed by atoms with van der Waals surface area (Å²) in [6.07, 6.45) is 1.82. The average molecular weight is 529 g/mol. The maximum absolute atomic E-state index is 15.5. The molecular formula is C30H41FN2O5. The predicted molar refractivity (Wildman–Crippen MR) is 144 cm³/mol. The number of nitrogens with two attached hydrogens (primary N) is 1. The number of aliphatic hydroxyl groups is 2. The molecule has 0 spiro atoms. The number of hydrogen-bond donors (Lipinski definition) is 3. The van der Waals surface area contributed by atoms with E-state index in [1.165, 1.54) is 6.07 Å². The molecule has 2 aromatic carbocycles. The average Bonchev–Trinajstić information content (AvgIpc) is 3.28. The molecular weight excluding hydrogens is 487 g/mol. The van der Waals surface area contributed by atoms with Crippen molar-refractivity contribution < 1.29 is 28.9 Å². The number of halogens is 1. The predicted octanol–water partition coefficient (Wildman–Crippen LogP) is 3.39. The number of carbonyl (C=O) groups excluding carboxylic acids is 1. The number of morpholine rings is 1. The van der Waals surface area contributed by atoms with Crippen LogP contribution in [-0.4, -0.2) is 72.7 Å². The Morgan fingerprint density at radius 1 is 1.24 bits per heavy atom. The quantitative estimate of drug-likeness (QED) is 0.409. The van der Waals surface area contributed by atoms with E-state index in [9.17, 15) is 15.0 Å². The highest BCUT2D eigenvalue weighted by Gasteiger charge is 2.46. The largest absolute Gasteiger partial charge is 0.391 e. The Hall–Kier alpha value is -2.36. The zero-order valence-corrected chi connectivity index (χ0v) is 22.4. The van der Waals surface area contributed by atoms with Crippen molar-refractivity contribution in [1.29, 1.82) is 0 Å². The fourth-order valence-corrected chi connectivity index (χ4v) is 5.88. The van der Waals surface area contributed by atoms with Crippen molar-refractivity contribution in [3.05, 3.63) is 59.4 Å². The fraction of sp³-hybridized carbons (Fsp3) is 0.567. The SMILES string of the molecule is CCc1cccc(-c2c(F)cccc2[C@](O)(CCCCOC)C2CN(C(=O)[C@H]3C[C@@H](N)[C@@H](O)C3)CCO2)c1. The highest BCUT2D eigenvalue weighted by molar-refractivity contribution is 5.79. The Kier molecular flexibility index (Phi) is 9.54. The Balaban J connectivity index is 1.69. The highest BCUT2D eigenvalue weighted by Crippen LogP contribution is 2.41. The molecule has 7 nitrogen and oxygen atoms in total. The Labute approximate surface area is 224 Å². The van der Waals surface area contributed by atoms with E-state index in [1.807, 2.05) is 31.2 Å². The van der Waals surface area contributed by atoms with Crippen LogP contribution in [0, 0.1) is 11.7 Å². The van der Waals surface area contributed by atoms with Crippen molar-refractivity contribution >= 4 is 5.91 Å². The van der Waals surface area contributed by atoms with Crippen LogP contribution >= 0.6 is 0 Å². The third-order valence-electron chi connectivity index (χ3n) is 8.10. The van der Waals surface area contributed by atoms with Crippen molar-refractivity contribution in [3.63, 3.8) is 0 Å². The molecule has 4 rings (SSSR count). The maximum Gasteiger partial charge on any atom is 0.226 e. The normalized spacial score (nSPS) is 25.4. The van der Waals surface area contributed by atoms with Gasteiger partial charge in [0.15, 0.2) is 0 Å². The number of unbranched alkanes of at least 4 members (excludes halogenated alkanes) is 1. The monoisotopic (exact) mass is 528 g/mol. The molecule has 1 saturated carbocycles. The van der Waals surface area contributed by atoms with E-state index in [-0.39, 0.29) is 25.0 Å². The number of methoxy groups -OCH3 is 1. The first-order valence-electron chi connectivity index (χ1n) is 13.7. The van der Waals surface area contributed by atoms with Gasteiger partial charge in [-0.15, -0.1) is 0 Å². The van der Waals surface area contributed by atoms with E-state index in [4.69, 9.17) is 15.2 Å². The van der Waals surface area contributed by atoms with E-state index in [0.29, 0.717) is 55.5 Å². The topological polar surface area (TPSA) is 105 Å². The van der Waals surface area contributed by atoms with Gasteiger partial charge in [0.05, 0.1) is 19.3 Å². The molecule has 2 aliphatic rings. The fourth-order valence-electron chi connectivity index (χ4n) is 5.88. The minimum Gasteiger partial charge on any atom is -0.391 e. The molecule has 1 aliphatic carbocycles. The van der Waals surface area contributed by atoms with Crippen molar-refractivity contribution in [2.75, 3.05) is 33.4 Å². The molecule has 0 aromatic heterocycles. The van der Waals surface area contributed by atoms with Gasteiger partial charge in [0, 0.05) is 37.8 Å². The molecule has 4 N–H and O–H groups in total. The van der Waals surface area contributed by atoms with Gasteiger partial charge in [-0.25, -0.2) is 4.39 Å². The van der Waals surface area contributed by atoms with Gasteiger partial charge in [0.2, 0.25) is 5.91 Å². The zero-order valence-electron chi connectivity index (χ0n) is 22.4. The van der Waals surface area contributed by atoms with E-state index in [2.05, 4.69) is 0 Å². The second-order valence-electron chi connectivity index (χ2n) is 10.6. The summed E-state index contributed by atoms with van der Waals surface area (Å²) in [5.41, 5.74) is 7.01. The molecule has 1 aliphatic heterocycles. The Morgan fingerprint density at radius 3 is 2.74 bits per heavy atom. The summed E-state index contributed by atoms with van der Waals surface area (Å²) in [5.74, 6) is -0.846. The van der Waals surface area contributed by atoms with Gasteiger partial charge in [-0.2, -0.15) is 0 Å². The summed E-state index contributed by atoms with van der Waals surface area (Å²) in [6, 6.07) is 12.1. The summed E-state index contributed by atoms with van der Waals surface area (Å²) in [7, 11) is 1.64. The molecule has 208 valence electrons. The van der Waals surface area contributed by atoms with Crippen LogP contribution in [0.1, 0.15) is 50.2 Å². The van der Waals surface area contributed by atoms with Crippen LogP contribution in [0.4, 0.5) is 4.39 Å². The molecule has 5 atom stereocenters. The van der Waals surface area contributed by atoms with E-state index < -0.39 is 29.7 Å². The lowest BCUT2D eigenvalue weighted by molar-refractivity contribution is -0.167. The second-order valence-corrected chi connectivity index (χ2v) is 10.6. The standard InChI is InChI=1S/C30H41FN2O5/c1-3-20-8-6-9-21(16-20)28-23(10-7-11-24(28)31)30(36,12-4-5-14-37-2)27-19-33(13-15-38-27)29(35)22-17-25(32)26(34)18-22/h6-11,16,22,25-27,34,36H,3-5,12-15,17-19,32H2,1-2H3/t22-,25+,26-,27?,30+/m0/s1. The molecule has 0 radical (unpaired) electrons. The van der Waals surface area contributed by atoms with Crippen molar-refractivity contribution in [1.82, 2.24) is 4.90 Å².